The van der Waals surface area contributed by atoms with Crippen LogP contribution in [0.15, 0.2) is 22.7 Å². The van der Waals surface area contributed by atoms with Crippen molar-refractivity contribution in [2.75, 3.05) is 0 Å². The van der Waals surface area contributed by atoms with Crippen molar-refractivity contribution in [3.8, 4) is 17.5 Å². The van der Waals surface area contributed by atoms with E-state index in [1.807, 2.05) is 6.07 Å². The lowest BCUT2D eigenvalue weighted by Gasteiger charge is -1.95. The minimum absolute atomic E-state index is 0.178. The van der Waals surface area contributed by atoms with E-state index >= 15 is 0 Å². The molecule has 0 aliphatic heterocycles. The third-order valence-electron chi connectivity index (χ3n) is 2.10. The van der Waals surface area contributed by atoms with E-state index in [0.717, 1.165) is 12.1 Å². The largest absolute Gasteiger partial charge is 0.339 e. The Morgan fingerprint density at radius 1 is 1.29 bits per heavy atom. The summed E-state index contributed by atoms with van der Waals surface area (Å²) in [6.07, 6.45) is 0.604. The van der Waals surface area contributed by atoms with Crippen LogP contribution in [0.25, 0.3) is 11.4 Å². The van der Waals surface area contributed by atoms with Crippen molar-refractivity contribution in [1.29, 1.82) is 5.26 Å². The normalized spacial score (nSPS) is 10.2. The highest BCUT2D eigenvalue weighted by atomic mass is 19.2. The van der Waals surface area contributed by atoms with Crippen LogP contribution in [0.5, 0.6) is 0 Å². The Balaban J connectivity index is 2.25. The molecule has 2 aromatic rings. The highest BCUT2D eigenvalue weighted by Gasteiger charge is 2.10. The molecule has 17 heavy (non-hydrogen) atoms. The summed E-state index contributed by atoms with van der Waals surface area (Å²) >= 11 is 0. The molecular weight excluding hydrogens is 228 g/mol. The molecule has 0 unspecified atom stereocenters. The molecule has 0 fully saturated rings. The highest BCUT2D eigenvalue weighted by Crippen LogP contribution is 2.18. The zero-order chi connectivity index (χ0) is 12.3. The van der Waals surface area contributed by atoms with Crippen LogP contribution in [0.2, 0.25) is 0 Å². The van der Waals surface area contributed by atoms with Gasteiger partial charge < -0.3 is 4.52 Å². The first-order chi connectivity index (χ1) is 8.20. The second kappa shape index (κ2) is 4.70. The molecule has 0 atom stereocenters. The van der Waals surface area contributed by atoms with Crippen LogP contribution in [-0.4, -0.2) is 10.1 Å². The lowest BCUT2D eigenvalue weighted by Crippen LogP contribution is -1.88. The molecule has 0 amide bonds. The van der Waals surface area contributed by atoms with Gasteiger partial charge in [0.15, 0.2) is 11.6 Å². The molecule has 0 saturated carbocycles. The first-order valence-electron chi connectivity index (χ1n) is 4.85. The number of hydrogen-bond acceptors (Lipinski definition) is 4. The van der Waals surface area contributed by atoms with Crippen LogP contribution in [0.4, 0.5) is 8.78 Å². The Labute approximate surface area is 95.5 Å². The molecule has 1 aromatic carbocycles. The summed E-state index contributed by atoms with van der Waals surface area (Å²) in [5, 5.41) is 12.0. The number of rotatable bonds is 3. The van der Waals surface area contributed by atoms with Gasteiger partial charge in [0.05, 0.1) is 6.07 Å². The average molecular weight is 235 g/mol. The second-order valence-electron chi connectivity index (χ2n) is 3.30. The van der Waals surface area contributed by atoms with Gasteiger partial charge in [0.1, 0.15) is 0 Å². The lowest BCUT2D eigenvalue weighted by atomic mass is 10.2. The van der Waals surface area contributed by atoms with Crippen molar-refractivity contribution in [1.82, 2.24) is 10.1 Å². The maximum absolute atomic E-state index is 13.0. The number of nitriles is 1. The Morgan fingerprint density at radius 3 is 2.82 bits per heavy atom. The molecule has 0 spiro atoms. The molecule has 0 N–H and O–H groups in total. The van der Waals surface area contributed by atoms with Crippen molar-refractivity contribution in [2.24, 2.45) is 0 Å². The summed E-state index contributed by atoms with van der Waals surface area (Å²) in [5.74, 6) is -1.42. The van der Waals surface area contributed by atoms with Crippen molar-refractivity contribution in [3.63, 3.8) is 0 Å². The van der Waals surface area contributed by atoms with E-state index in [9.17, 15) is 8.78 Å². The lowest BCUT2D eigenvalue weighted by molar-refractivity contribution is 0.380. The molecule has 1 heterocycles. The van der Waals surface area contributed by atoms with E-state index in [4.69, 9.17) is 9.78 Å². The molecule has 4 nitrogen and oxygen atoms in total. The van der Waals surface area contributed by atoms with Crippen molar-refractivity contribution >= 4 is 0 Å². The molecule has 2 rings (SSSR count). The Morgan fingerprint density at radius 2 is 2.12 bits per heavy atom. The highest BCUT2D eigenvalue weighted by molar-refractivity contribution is 5.54. The zero-order valence-corrected chi connectivity index (χ0v) is 8.65. The predicted molar refractivity (Wildman–Crippen MR) is 53.6 cm³/mol. The number of aryl methyl sites for hydroxylation is 1. The Hall–Kier alpha value is -2.29. The third-order valence-corrected chi connectivity index (χ3v) is 2.10. The molecule has 1 aromatic heterocycles. The summed E-state index contributed by atoms with van der Waals surface area (Å²) < 4.78 is 30.5. The topological polar surface area (TPSA) is 62.7 Å². The van der Waals surface area contributed by atoms with Gasteiger partial charge >= 0.3 is 0 Å². The van der Waals surface area contributed by atoms with Crippen LogP contribution >= 0.6 is 0 Å². The van der Waals surface area contributed by atoms with Crippen LogP contribution in [0, 0.1) is 23.0 Å². The monoisotopic (exact) mass is 235 g/mol. The molecule has 0 radical (unpaired) electrons. The van der Waals surface area contributed by atoms with Crippen LogP contribution in [0.1, 0.15) is 12.3 Å². The molecule has 6 heteroatoms. The third kappa shape index (κ3) is 2.45. The standard InChI is InChI=1S/C11H7F2N3O/c12-8-4-3-7(6-9(8)13)11-15-10(17-16-11)2-1-5-14/h3-4,6H,1-2H2. The Kier molecular flexibility index (Phi) is 3.10. The van der Waals surface area contributed by atoms with Gasteiger partial charge in [-0.15, -0.1) is 0 Å². The molecular formula is C11H7F2N3O. The van der Waals surface area contributed by atoms with E-state index < -0.39 is 11.6 Å². The van der Waals surface area contributed by atoms with E-state index in [0.29, 0.717) is 17.9 Å². The molecule has 0 aliphatic carbocycles. The maximum Gasteiger partial charge on any atom is 0.227 e. The van der Waals surface area contributed by atoms with Gasteiger partial charge in [-0.25, -0.2) is 8.78 Å². The van der Waals surface area contributed by atoms with Gasteiger partial charge in [0, 0.05) is 18.4 Å². The fourth-order valence-corrected chi connectivity index (χ4v) is 1.27. The van der Waals surface area contributed by atoms with Crippen molar-refractivity contribution < 1.29 is 13.3 Å². The minimum atomic E-state index is -0.967. The second-order valence-corrected chi connectivity index (χ2v) is 3.30. The van der Waals surface area contributed by atoms with Gasteiger partial charge in [0.25, 0.3) is 0 Å². The number of benzene rings is 1. The summed E-state index contributed by atoms with van der Waals surface area (Å²) in [5.41, 5.74) is 0.329. The van der Waals surface area contributed by atoms with Gasteiger partial charge in [-0.1, -0.05) is 5.16 Å². The SMILES string of the molecule is N#CCCc1nc(-c2ccc(F)c(F)c2)no1. The van der Waals surface area contributed by atoms with Gasteiger partial charge in [-0.05, 0) is 18.2 Å². The van der Waals surface area contributed by atoms with Crippen LogP contribution < -0.4 is 0 Å². The van der Waals surface area contributed by atoms with Crippen molar-refractivity contribution in [2.45, 2.75) is 12.8 Å². The van der Waals surface area contributed by atoms with Gasteiger partial charge in [-0.3, -0.25) is 0 Å². The minimum Gasteiger partial charge on any atom is -0.339 e. The van der Waals surface area contributed by atoms with Crippen LogP contribution in [-0.2, 0) is 6.42 Å². The number of aromatic nitrogens is 2. The zero-order valence-electron chi connectivity index (χ0n) is 8.65. The molecule has 0 bridgehead atoms. The number of nitrogens with zero attached hydrogens (tertiary/aromatic N) is 3. The summed E-state index contributed by atoms with van der Waals surface area (Å²) in [6, 6.07) is 5.29. The van der Waals surface area contributed by atoms with E-state index in [1.165, 1.54) is 6.07 Å². The molecule has 86 valence electrons. The number of halogens is 2. The van der Waals surface area contributed by atoms with E-state index in [-0.39, 0.29) is 12.2 Å². The predicted octanol–water partition coefficient (Wildman–Crippen LogP) is 2.47. The summed E-state index contributed by atoms with van der Waals surface area (Å²) in [7, 11) is 0. The van der Waals surface area contributed by atoms with Gasteiger partial charge in [-0.2, -0.15) is 10.2 Å². The quantitative estimate of drug-likeness (QED) is 0.819. The number of hydrogen-bond donors (Lipinski definition) is 0. The first kappa shape index (κ1) is 11.2. The maximum atomic E-state index is 13.0. The van der Waals surface area contributed by atoms with Gasteiger partial charge in [0.2, 0.25) is 11.7 Å². The first-order valence-corrected chi connectivity index (χ1v) is 4.85. The van der Waals surface area contributed by atoms with E-state index in [1.54, 1.807) is 0 Å². The van der Waals surface area contributed by atoms with Crippen LogP contribution in [0.3, 0.4) is 0 Å². The average Bonchev–Trinajstić information content (AvgIpc) is 2.79. The Bertz CT molecular complexity index is 574. The fraction of sp³-hybridized carbons (Fsp3) is 0.182. The summed E-state index contributed by atoms with van der Waals surface area (Å²) in [4.78, 5) is 3.97. The smallest absolute Gasteiger partial charge is 0.227 e. The molecule has 0 saturated heterocycles. The fourth-order valence-electron chi connectivity index (χ4n) is 1.27. The van der Waals surface area contributed by atoms with E-state index in [2.05, 4.69) is 10.1 Å². The molecule has 0 aliphatic rings. The summed E-state index contributed by atoms with van der Waals surface area (Å²) in [6.45, 7) is 0. The van der Waals surface area contributed by atoms with Crippen molar-refractivity contribution in [3.05, 3.63) is 35.7 Å².